The Balaban J connectivity index is 1.80. The SMILES string of the molecule is CC1(C)C(=O)N(c2ccc(C#N)c(C(F)(F)F)c2)C(=S)N1c1ccc2c(c1)S(=O)(=O)C[C@@H](CO)O2. The van der Waals surface area contributed by atoms with Crippen LogP contribution in [0.2, 0.25) is 0 Å². The highest BCUT2D eigenvalue weighted by molar-refractivity contribution is 7.91. The van der Waals surface area contributed by atoms with Gasteiger partial charge in [-0.1, -0.05) is 0 Å². The number of nitriles is 1. The molecule has 184 valence electrons. The van der Waals surface area contributed by atoms with Gasteiger partial charge < -0.3 is 14.7 Å². The van der Waals surface area contributed by atoms with Crippen LogP contribution in [0.5, 0.6) is 5.75 Å². The summed E-state index contributed by atoms with van der Waals surface area (Å²) in [5.74, 6) is -1.05. The van der Waals surface area contributed by atoms with Crippen molar-refractivity contribution in [3.63, 3.8) is 0 Å². The van der Waals surface area contributed by atoms with Crippen LogP contribution in [-0.2, 0) is 20.8 Å². The molecule has 0 saturated carbocycles. The second kappa shape index (κ2) is 8.18. The zero-order chi connectivity index (χ0) is 25.9. The van der Waals surface area contributed by atoms with Crippen molar-refractivity contribution in [2.45, 2.75) is 36.6 Å². The Kier molecular flexibility index (Phi) is 5.82. The summed E-state index contributed by atoms with van der Waals surface area (Å²) in [6.45, 7) is 2.52. The summed E-state index contributed by atoms with van der Waals surface area (Å²) >= 11 is 5.47. The largest absolute Gasteiger partial charge is 0.486 e. The summed E-state index contributed by atoms with van der Waals surface area (Å²) in [5.41, 5.74) is -3.16. The molecule has 0 spiro atoms. The van der Waals surface area contributed by atoms with Gasteiger partial charge >= 0.3 is 6.18 Å². The van der Waals surface area contributed by atoms with Crippen molar-refractivity contribution >= 4 is 44.4 Å². The number of rotatable bonds is 3. The molecule has 1 atom stereocenters. The van der Waals surface area contributed by atoms with E-state index in [4.69, 9.17) is 22.2 Å². The van der Waals surface area contributed by atoms with E-state index in [1.165, 1.54) is 49.1 Å². The van der Waals surface area contributed by atoms with Crippen LogP contribution in [0, 0.1) is 11.3 Å². The second-order valence-corrected chi connectivity index (χ2v) is 10.9. The number of anilines is 2. The summed E-state index contributed by atoms with van der Waals surface area (Å²) in [6, 6.07) is 8.45. The summed E-state index contributed by atoms with van der Waals surface area (Å²) in [7, 11) is -3.83. The zero-order valence-corrected chi connectivity index (χ0v) is 20.0. The van der Waals surface area contributed by atoms with Crippen LogP contribution in [0.15, 0.2) is 41.3 Å². The molecule has 2 aliphatic heterocycles. The van der Waals surface area contributed by atoms with Crippen LogP contribution in [0.3, 0.4) is 0 Å². The number of alkyl halides is 3. The van der Waals surface area contributed by atoms with Gasteiger partial charge in [0.2, 0.25) is 0 Å². The Morgan fingerprint density at radius 1 is 1.23 bits per heavy atom. The van der Waals surface area contributed by atoms with E-state index >= 15 is 0 Å². The minimum Gasteiger partial charge on any atom is -0.486 e. The highest BCUT2D eigenvalue weighted by atomic mass is 32.2. The lowest BCUT2D eigenvalue weighted by Gasteiger charge is -2.31. The average Bonchev–Trinajstić information content (AvgIpc) is 2.95. The standard InChI is InChI=1S/C22H18F3N3O5S2/c1-21(2)19(30)27(13-4-3-12(9-26)16(7-13)22(23,24)25)20(34)28(21)14-5-6-17-18(8-14)35(31,32)11-15(10-29)33-17/h3-8,15,29H,10-11H2,1-2H3/t15-/m1/s1. The van der Waals surface area contributed by atoms with Crippen molar-refractivity contribution < 1.29 is 36.2 Å². The molecule has 4 rings (SSSR count). The third-order valence-electron chi connectivity index (χ3n) is 5.78. The number of carbonyl (C=O) groups is 1. The first-order valence-electron chi connectivity index (χ1n) is 10.2. The minimum absolute atomic E-state index is 0.0343. The van der Waals surface area contributed by atoms with Gasteiger partial charge in [-0.3, -0.25) is 9.69 Å². The molecule has 0 bridgehead atoms. The fraction of sp³-hybridized carbons (Fsp3) is 0.318. The number of aliphatic hydroxyl groups is 1. The number of thiocarbonyl (C=S) groups is 1. The van der Waals surface area contributed by atoms with Gasteiger partial charge in [0.05, 0.1) is 35.2 Å². The van der Waals surface area contributed by atoms with E-state index in [1.54, 1.807) is 0 Å². The minimum atomic E-state index is -4.83. The van der Waals surface area contributed by atoms with Crippen molar-refractivity contribution in [3.05, 3.63) is 47.5 Å². The topological polar surface area (TPSA) is 111 Å². The Morgan fingerprint density at radius 3 is 2.49 bits per heavy atom. The van der Waals surface area contributed by atoms with Crippen molar-refractivity contribution in [3.8, 4) is 11.8 Å². The number of nitrogens with zero attached hydrogens (tertiary/aromatic N) is 3. The number of halogens is 3. The molecule has 35 heavy (non-hydrogen) atoms. The molecule has 0 aromatic heterocycles. The summed E-state index contributed by atoms with van der Waals surface area (Å²) in [6.07, 6.45) is -5.75. The Morgan fingerprint density at radius 2 is 1.89 bits per heavy atom. The average molecular weight is 526 g/mol. The molecule has 2 aliphatic rings. The molecule has 1 amide bonds. The van der Waals surface area contributed by atoms with Crippen LogP contribution in [0.25, 0.3) is 0 Å². The molecule has 0 aliphatic carbocycles. The van der Waals surface area contributed by atoms with Gasteiger partial charge in [-0.2, -0.15) is 18.4 Å². The fourth-order valence-corrected chi connectivity index (χ4v) is 6.16. The monoisotopic (exact) mass is 525 g/mol. The van der Waals surface area contributed by atoms with Gasteiger partial charge in [0.15, 0.2) is 14.9 Å². The van der Waals surface area contributed by atoms with E-state index in [1.807, 2.05) is 0 Å². The van der Waals surface area contributed by atoms with Gasteiger partial charge in [-0.15, -0.1) is 0 Å². The highest BCUT2D eigenvalue weighted by Crippen LogP contribution is 2.42. The van der Waals surface area contributed by atoms with E-state index in [0.29, 0.717) is 6.07 Å². The number of amides is 1. The lowest BCUT2D eigenvalue weighted by Crippen LogP contribution is -2.44. The van der Waals surface area contributed by atoms with Gasteiger partial charge in [0, 0.05) is 5.69 Å². The van der Waals surface area contributed by atoms with Gasteiger partial charge in [0.25, 0.3) is 5.91 Å². The maximum Gasteiger partial charge on any atom is 0.417 e. The molecule has 8 nitrogen and oxygen atoms in total. The lowest BCUT2D eigenvalue weighted by atomic mass is 10.0. The van der Waals surface area contributed by atoms with E-state index in [-0.39, 0.29) is 27.1 Å². The number of hydrogen-bond donors (Lipinski definition) is 1. The molecule has 1 saturated heterocycles. The summed E-state index contributed by atoms with van der Waals surface area (Å²) < 4.78 is 71.5. The van der Waals surface area contributed by atoms with Crippen LogP contribution in [-0.4, -0.2) is 48.5 Å². The number of benzene rings is 2. The number of hydrogen-bond acceptors (Lipinski definition) is 7. The molecule has 2 aromatic rings. The smallest absolute Gasteiger partial charge is 0.417 e. The van der Waals surface area contributed by atoms with E-state index in [0.717, 1.165) is 11.0 Å². The number of fused-ring (bicyclic) bond motifs is 1. The van der Waals surface area contributed by atoms with Crippen LogP contribution >= 0.6 is 12.2 Å². The van der Waals surface area contributed by atoms with E-state index in [9.17, 15) is 31.5 Å². The lowest BCUT2D eigenvalue weighted by molar-refractivity contribution is -0.137. The molecule has 1 fully saturated rings. The Hall–Kier alpha value is -3.21. The first kappa shape index (κ1) is 24.9. The molecular weight excluding hydrogens is 507 g/mol. The van der Waals surface area contributed by atoms with Crippen LogP contribution in [0.1, 0.15) is 25.0 Å². The Labute approximate surface area is 204 Å². The normalized spacial score (nSPS) is 20.9. The van der Waals surface area contributed by atoms with E-state index < -0.39 is 57.1 Å². The van der Waals surface area contributed by atoms with E-state index in [2.05, 4.69) is 0 Å². The fourth-order valence-electron chi connectivity index (χ4n) is 4.07. The maximum absolute atomic E-state index is 13.5. The number of carbonyl (C=O) groups excluding carboxylic acids is 1. The molecule has 13 heteroatoms. The predicted molar refractivity (Wildman–Crippen MR) is 123 cm³/mol. The Bertz CT molecular complexity index is 1400. The molecular formula is C22H18F3N3O5S2. The molecule has 1 N–H and O–H groups in total. The first-order valence-corrected chi connectivity index (χ1v) is 12.2. The maximum atomic E-state index is 13.5. The number of sulfone groups is 1. The van der Waals surface area contributed by atoms with Crippen molar-refractivity contribution in [1.82, 2.24) is 0 Å². The van der Waals surface area contributed by atoms with Gasteiger partial charge in [-0.05, 0) is 62.5 Å². The predicted octanol–water partition coefficient (Wildman–Crippen LogP) is 3.02. The van der Waals surface area contributed by atoms with Crippen molar-refractivity contribution in [2.75, 3.05) is 22.2 Å². The number of aliphatic hydroxyl groups excluding tert-OH is 1. The molecule has 2 aromatic carbocycles. The summed E-state index contributed by atoms with van der Waals surface area (Å²) in [5, 5.41) is 18.2. The third kappa shape index (κ3) is 4.01. The zero-order valence-electron chi connectivity index (χ0n) is 18.3. The number of ether oxygens (including phenoxy) is 1. The quantitative estimate of drug-likeness (QED) is 0.609. The van der Waals surface area contributed by atoms with Crippen LogP contribution < -0.4 is 14.5 Å². The van der Waals surface area contributed by atoms with Gasteiger partial charge in [-0.25, -0.2) is 8.42 Å². The van der Waals surface area contributed by atoms with Crippen molar-refractivity contribution in [1.29, 1.82) is 5.26 Å². The van der Waals surface area contributed by atoms with Crippen molar-refractivity contribution in [2.24, 2.45) is 0 Å². The first-order chi connectivity index (χ1) is 16.2. The highest BCUT2D eigenvalue weighted by Gasteiger charge is 2.51. The molecule has 0 unspecified atom stereocenters. The third-order valence-corrected chi connectivity index (χ3v) is 7.94. The van der Waals surface area contributed by atoms with Crippen LogP contribution in [0.4, 0.5) is 24.5 Å². The van der Waals surface area contributed by atoms with Gasteiger partial charge in [0.1, 0.15) is 22.3 Å². The molecule has 2 heterocycles. The second-order valence-electron chi connectivity index (χ2n) is 8.49. The summed E-state index contributed by atoms with van der Waals surface area (Å²) in [4.78, 5) is 15.4. The molecule has 0 radical (unpaired) electrons.